The van der Waals surface area contributed by atoms with E-state index in [-0.39, 0.29) is 17.8 Å². The molecule has 9 heteroatoms. The average Bonchev–Trinajstić information content (AvgIpc) is 2.92. The number of aryl methyl sites for hydroxylation is 1. The molecule has 3 saturated heterocycles. The van der Waals surface area contributed by atoms with Crippen molar-refractivity contribution in [2.24, 2.45) is 5.92 Å². The fourth-order valence-electron chi connectivity index (χ4n) is 4.38. The lowest BCUT2D eigenvalue weighted by molar-refractivity contribution is -0.131. The third-order valence-corrected chi connectivity index (χ3v) is 6.53. The van der Waals surface area contributed by atoms with Crippen LogP contribution < -0.4 is 10.2 Å². The molecule has 1 N–H and O–H groups in total. The predicted molar refractivity (Wildman–Crippen MR) is 107 cm³/mol. The van der Waals surface area contributed by atoms with Gasteiger partial charge >= 0.3 is 6.03 Å². The van der Waals surface area contributed by atoms with Crippen LogP contribution in [0.4, 0.5) is 10.7 Å². The molecule has 4 heterocycles. The van der Waals surface area contributed by atoms with Gasteiger partial charge in [0.15, 0.2) is 0 Å². The molecule has 0 saturated carbocycles. The first-order valence-electron chi connectivity index (χ1n) is 10.3. The second-order valence-electron chi connectivity index (χ2n) is 8.51. The Labute approximate surface area is 170 Å². The number of anilines is 1. The molecule has 9 nitrogen and oxygen atoms in total. The fourth-order valence-corrected chi connectivity index (χ4v) is 4.38. The lowest BCUT2D eigenvalue weighted by Gasteiger charge is -2.37. The van der Waals surface area contributed by atoms with Gasteiger partial charge in [0.2, 0.25) is 5.95 Å². The van der Waals surface area contributed by atoms with Gasteiger partial charge in [-0.25, -0.2) is 14.8 Å². The number of likely N-dealkylation sites (tertiary alicyclic amines) is 1. The van der Waals surface area contributed by atoms with Crippen LogP contribution in [0.15, 0.2) is 6.20 Å². The van der Waals surface area contributed by atoms with Crippen molar-refractivity contribution in [3.05, 3.63) is 17.5 Å². The van der Waals surface area contributed by atoms with Gasteiger partial charge in [-0.1, -0.05) is 6.92 Å². The molecule has 4 amide bonds. The number of amides is 4. The second-order valence-corrected chi connectivity index (χ2v) is 8.51. The number of urea groups is 1. The minimum atomic E-state index is -0.872. The molecule has 0 atom stereocenters. The Hall–Kier alpha value is -2.71. The monoisotopic (exact) mass is 400 g/mol. The summed E-state index contributed by atoms with van der Waals surface area (Å²) in [5.41, 5.74) is 0.293. The van der Waals surface area contributed by atoms with E-state index in [1.807, 2.05) is 6.92 Å². The summed E-state index contributed by atoms with van der Waals surface area (Å²) in [4.78, 5) is 51.3. The summed E-state index contributed by atoms with van der Waals surface area (Å²) in [5, 5.41) is 2.80. The first-order chi connectivity index (χ1) is 13.8. The van der Waals surface area contributed by atoms with E-state index in [1.54, 1.807) is 11.1 Å². The lowest BCUT2D eigenvalue weighted by atomic mass is 9.87. The number of carbonyl (C=O) groups is 3. The zero-order valence-electron chi connectivity index (χ0n) is 17.3. The van der Waals surface area contributed by atoms with E-state index in [4.69, 9.17) is 0 Å². The van der Waals surface area contributed by atoms with Gasteiger partial charge < -0.3 is 15.1 Å². The van der Waals surface area contributed by atoms with Crippen LogP contribution in [0.2, 0.25) is 0 Å². The highest BCUT2D eigenvalue weighted by Crippen LogP contribution is 2.29. The highest BCUT2D eigenvalue weighted by molar-refractivity contribution is 6.07. The number of rotatable bonds is 2. The molecule has 3 fully saturated rings. The molecule has 29 heavy (non-hydrogen) atoms. The van der Waals surface area contributed by atoms with E-state index in [1.165, 1.54) is 7.05 Å². The normalized spacial score (nSPS) is 22.4. The summed E-state index contributed by atoms with van der Waals surface area (Å²) in [6.07, 6.45) is 4.71. The zero-order chi connectivity index (χ0) is 20.8. The predicted octanol–water partition coefficient (Wildman–Crippen LogP) is 1.18. The number of nitrogens with zero attached hydrogens (tertiary/aromatic N) is 5. The maximum atomic E-state index is 13.0. The summed E-state index contributed by atoms with van der Waals surface area (Å²) >= 11 is 0. The molecule has 1 spiro atoms. The molecular weight excluding hydrogens is 372 g/mol. The Morgan fingerprint density at radius 3 is 2.38 bits per heavy atom. The molecule has 3 aliphatic heterocycles. The molecule has 1 aromatic heterocycles. The Morgan fingerprint density at radius 1 is 1.17 bits per heavy atom. The van der Waals surface area contributed by atoms with Gasteiger partial charge in [0.1, 0.15) is 5.54 Å². The number of imide groups is 1. The van der Waals surface area contributed by atoms with Crippen molar-refractivity contribution in [1.29, 1.82) is 0 Å². The highest BCUT2D eigenvalue weighted by Gasteiger charge is 2.51. The van der Waals surface area contributed by atoms with Crippen LogP contribution in [0.5, 0.6) is 0 Å². The third-order valence-electron chi connectivity index (χ3n) is 6.53. The summed E-state index contributed by atoms with van der Waals surface area (Å²) in [7, 11) is 1.48. The topological polar surface area (TPSA) is 98.7 Å². The van der Waals surface area contributed by atoms with Crippen molar-refractivity contribution in [2.75, 3.05) is 38.1 Å². The average molecular weight is 400 g/mol. The van der Waals surface area contributed by atoms with Gasteiger partial charge in [0, 0.05) is 39.4 Å². The van der Waals surface area contributed by atoms with Crippen molar-refractivity contribution >= 4 is 23.8 Å². The van der Waals surface area contributed by atoms with E-state index in [0.29, 0.717) is 43.1 Å². The maximum absolute atomic E-state index is 13.0. The molecule has 3 aliphatic rings. The number of hydrogen-bond acceptors (Lipinski definition) is 6. The number of piperidine rings is 2. The Balaban J connectivity index is 1.43. The first kappa shape index (κ1) is 19.6. The summed E-state index contributed by atoms with van der Waals surface area (Å²) in [6, 6.07) is -0.373. The van der Waals surface area contributed by atoms with Crippen LogP contribution >= 0.6 is 0 Å². The van der Waals surface area contributed by atoms with Crippen LogP contribution in [0.1, 0.15) is 48.7 Å². The van der Waals surface area contributed by atoms with Gasteiger partial charge in [-0.2, -0.15) is 0 Å². The van der Waals surface area contributed by atoms with Crippen LogP contribution in [0.3, 0.4) is 0 Å². The van der Waals surface area contributed by atoms with Crippen molar-refractivity contribution < 1.29 is 14.4 Å². The van der Waals surface area contributed by atoms with Gasteiger partial charge in [-0.15, -0.1) is 0 Å². The van der Waals surface area contributed by atoms with E-state index in [9.17, 15) is 14.4 Å². The van der Waals surface area contributed by atoms with Crippen LogP contribution in [-0.4, -0.2) is 76.4 Å². The Kier molecular flexibility index (Phi) is 4.92. The standard InChI is InChI=1S/C20H28N6O3/c1-13-4-8-26(9-5-13)18-21-12-15(14(2)22-18)16(27)25-10-6-20(7-11-25)17(28)24(3)19(29)23-20/h12-13H,4-11H2,1-3H3,(H,23,29). The molecule has 0 unspecified atom stereocenters. The molecule has 4 rings (SSSR count). The minimum Gasteiger partial charge on any atom is -0.341 e. The maximum Gasteiger partial charge on any atom is 0.324 e. The van der Waals surface area contributed by atoms with Crippen molar-refractivity contribution in [1.82, 2.24) is 25.1 Å². The lowest BCUT2D eigenvalue weighted by Crippen LogP contribution is -2.55. The summed E-state index contributed by atoms with van der Waals surface area (Å²) in [5.74, 6) is 1.08. The van der Waals surface area contributed by atoms with Gasteiger partial charge in [-0.05, 0) is 38.5 Å². The van der Waals surface area contributed by atoms with Gasteiger partial charge in [0.05, 0.1) is 11.3 Å². The molecule has 0 aliphatic carbocycles. The number of likely N-dealkylation sites (N-methyl/N-ethyl adjacent to an activating group) is 1. The first-order valence-corrected chi connectivity index (χ1v) is 10.3. The van der Waals surface area contributed by atoms with E-state index >= 15 is 0 Å². The Morgan fingerprint density at radius 2 is 1.83 bits per heavy atom. The summed E-state index contributed by atoms with van der Waals surface area (Å²) in [6.45, 7) is 6.79. The van der Waals surface area contributed by atoms with Crippen molar-refractivity contribution in [3.8, 4) is 0 Å². The molecule has 0 aromatic carbocycles. The summed E-state index contributed by atoms with van der Waals surface area (Å²) < 4.78 is 0. The number of nitrogens with one attached hydrogen (secondary N) is 1. The van der Waals surface area contributed by atoms with E-state index < -0.39 is 5.54 Å². The minimum absolute atomic E-state index is 0.124. The SMILES string of the molecule is Cc1nc(N2CCC(C)CC2)ncc1C(=O)N1CCC2(CC1)NC(=O)N(C)C2=O. The molecular formula is C20H28N6O3. The molecule has 156 valence electrons. The Bertz CT molecular complexity index is 841. The van der Waals surface area contributed by atoms with E-state index in [0.717, 1.165) is 36.7 Å². The fraction of sp³-hybridized carbons (Fsp3) is 0.650. The largest absolute Gasteiger partial charge is 0.341 e. The third kappa shape index (κ3) is 3.42. The van der Waals surface area contributed by atoms with Crippen molar-refractivity contribution in [2.45, 2.75) is 45.1 Å². The van der Waals surface area contributed by atoms with Gasteiger partial charge in [-0.3, -0.25) is 14.5 Å². The van der Waals surface area contributed by atoms with E-state index in [2.05, 4.69) is 27.1 Å². The quantitative estimate of drug-likeness (QED) is 0.749. The van der Waals surface area contributed by atoms with Gasteiger partial charge in [0.25, 0.3) is 11.8 Å². The van der Waals surface area contributed by atoms with Crippen LogP contribution in [0.25, 0.3) is 0 Å². The number of hydrogen-bond donors (Lipinski definition) is 1. The number of carbonyl (C=O) groups excluding carboxylic acids is 3. The van der Waals surface area contributed by atoms with Crippen LogP contribution in [-0.2, 0) is 4.79 Å². The molecule has 0 radical (unpaired) electrons. The zero-order valence-corrected chi connectivity index (χ0v) is 17.3. The number of aromatic nitrogens is 2. The molecule has 1 aromatic rings. The molecule has 0 bridgehead atoms. The smallest absolute Gasteiger partial charge is 0.324 e. The highest BCUT2D eigenvalue weighted by atomic mass is 16.2. The van der Waals surface area contributed by atoms with Crippen LogP contribution in [0, 0.1) is 12.8 Å². The van der Waals surface area contributed by atoms with Crippen molar-refractivity contribution in [3.63, 3.8) is 0 Å². The second kappa shape index (κ2) is 7.27.